The lowest BCUT2D eigenvalue weighted by molar-refractivity contribution is -0.132. The first-order valence-corrected chi connectivity index (χ1v) is 10.9. The minimum absolute atomic E-state index is 0.0807. The highest BCUT2D eigenvalue weighted by molar-refractivity contribution is 5.96. The molecule has 4 heteroatoms. The lowest BCUT2D eigenvalue weighted by Gasteiger charge is -2.43. The summed E-state index contributed by atoms with van der Waals surface area (Å²) >= 11 is 0. The van der Waals surface area contributed by atoms with Gasteiger partial charge in [0.25, 0.3) is 5.91 Å². The van der Waals surface area contributed by atoms with Crippen molar-refractivity contribution in [3.8, 4) is 0 Å². The number of carbonyl (C=O) groups is 2. The minimum atomic E-state index is 0.0807. The van der Waals surface area contributed by atoms with Crippen molar-refractivity contribution in [3.63, 3.8) is 0 Å². The second-order valence-electron chi connectivity index (χ2n) is 8.98. The maximum absolute atomic E-state index is 13.2. The van der Waals surface area contributed by atoms with E-state index in [1.165, 1.54) is 29.5 Å². The summed E-state index contributed by atoms with van der Waals surface area (Å²) in [5, 5.41) is 0. The van der Waals surface area contributed by atoms with Crippen molar-refractivity contribution in [1.82, 2.24) is 9.80 Å². The Balaban J connectivity index is 1.50. The predicted octanol–water partition coefficient (Wildman–Crippen LogP) is 3.98. The molecule has 1 aromatic rings. The third-order valence-corrected chi connectivity index (χ3v) is 6.68. The summed E-state index contributed by atoms with van der Waals surface area (Å²) < 4.78 is 0. The van der Waals surface area contributed by atoms with Crippen LogP contribution in [0.5, 0.6) is 0 Å². The van der Waals surface area contributed by atoms with Gasteiger partial charge in [0.2, 0.25) is 5.91 Å². The number of hydrogen-bond acceptors (Lipinski definition) is 2. The van der Waals surface area contributed by atoms with Crippen LogP contribution in [0, 0.1) is 5.92 Å². The minimum Gasteiger partial charge on any atom is -0.335 e. The van der Waals surface area contributed by atoms with Gasteiger partial charge < -0.3 is 9.80 Å². The van der Waals surface area contributed by atoms with Crippen LogP contribution in [0.4, 0.5) is 0 Å². The molecule has 0 spiro atoms. The second kappa shape index (κ2) is 7.73. The maximum atomic E-state index is 13.2. The Hall–Kier alpha value is -2.10. The van der Waals surface area contributed by atoms with Crippen LogP contribution in [-0.4, -0.2) is 47.3 Å². The van der Waals surface area contributed by atoms with E-state index < -0.39 is 0 Å². The SMILES string of the molecule is CC(C(=O)N1CCN(C(=O)c2ccc3c(c2)CCCC3)CC1C(C)C)=C1CC1. The van der Waals surface area contributed by atoms with E-state index in [1.54, 1.807) is 0 Å². The Kier molecular flexibility index (Phi) is 5.31. The third-order valence-electron chi connectivity index (χ3n) is 6.68. The van der Waals surface area contributed by atoms with Gasteiger partial charge in [0, 0.05) is 30.8 Å². The van der Waals surface area contributed by atoms with E-state index in [4.69, 9.17) is 0 Å². The van der Waals surface area contributed by atoms with Gasteiger partial charge in [-0.05, 0) is 74.6 Å². The van der Waals surface area contributed by atoms with E-state index in [0.29, 0.717) is 25.6 Å². The Morgan fingerprint density at radius 3 is 2.39 bits per heavy atom. The molecule has 3 aliphatic rings. The third kappa shape index (κ3) is 3.74. The van der Waals surface area contributed by atoms with Crippen molar-refractivity contribution in [2.75, 3.05) is 19.6 Å². The van der Waals surface area contributed by atoms with Gasteiger partial charge in [-0.2, -0.15) is 0 Å². The summed E-state index contributed by atoms with van der Waals surface area (Å²) in [5.74, 6) is 0.607. The molecule has 4 nitrogen and oxygen atoms in total. The molecular formula is C24H32N2O2. The first-order chi connectivity index (χ1) is 13.5. The number of allylic oxidation sites excluding steroid dienone is 1. The molecule has 2 fully saturated rings. The molecule has 1 unspecified atom stereocenters. The highest BCUT2D eigenvalue weighted by atomic mass is 16.2. The van der Waals surface area contributed by atoms with Crippen LogP contribution >= 0.6 is 0 Å². The zero-order valence-corrected chi connectivity index (χ0v) is 17.5. The van der Waals surface area contributed by atoms with Crippen LogP contribution in [0.15, 0.2) is 29.3 Å². The van der Waals surface area contributed by atoms with Gasteiger partial charge in [0.05, 0.1) is 6.04 Å². The Labute approximate surface area is 168 Å². The number of piperazine rings is 1. The summed E-state index contributed by atoms with van der Waals surface area (Å²) in [6.45, 7) is 8.14. The van der Waals surface area contributed by atoms with Crippen LogP contribution < -0.4 is 0 Å². The molecule has 1 saturated heterocycles. The molecule has 1 saturated carbocycles. The first-order valence-electron chi connectivity index (χ1n) is 10.9. The largest absolute Gasteiger partial charge is 0.335 e. The molecule has 1 atom stereocenters. The van der Waals surface area contributed by atoms with E-state index in [1.807, 2.05) is 22.8 Å². The van der Waals surface area contributed by atoms with Gasteiger partial charge >= 0.3 is 0 Å². The van der Waals surface area contributed by atoms with Crippen molar-refractivity contribution in [2.45, 2.75) is 65.3 Å². The molecule has 0 bridgehead atoms. The molecule has 0 aromatic heterocycles. The van der Waals surface area contributed by atoms with Gasteiger partial charge in [-0.3, -0.25) is 9.59 Å². The zero-order chi connectivity index (χ0) is 19.8. The fourth-order valence-electron chi connectivity index (χ4n) is 4.67. The number of amides is 2. The standard InChI is InChI=1S/C24H32N2O2/c1-16(2)22-15-25(12-13-26(22)23(27)17(3)18-8-9-18)24(28)21-11-10-19-6-4-5-7-20(19)14-21/h10-11,14,16,22H,4-9,12-13,15H2,1-3H3. The number of hydrogen-bond donors (Lipinski definition) is 0. The van der Waals surface area contributed by atoms with Crippen LogP contribution in [0.1, 0.15) is 67.9 Å². The zero-order valence-electron chi connectivity index (χ0n) is 17.5. The van der Waals surface area contributed by atoms with Gasteiger partial charge in [-0.25, -0.2) is 0 Å². The molecule has 28 heavy (non-hydrogen) atoms. The van der Waals surface area contributed by atoms with Crippen LogP contribution in [0.25, 0.3) is 0 Å². The van der Waals surface area contributed by atoms with Gasteiger partial charge in [0.15, 0.2) is 0 Å². The molecule has 150 valence electrons. The van der Waals surface area contributed by atoms with Crippen LogP contribution in [-0.2, 0) is 17.6 Å². The average Bonchev–Trinajstić information content (AvgIpc) is 3.56. The smallest absolute Gasteiger partial charge is 0.253 e. The fourth-order valence-corrected chi connectivity index (χ4v) is 4.67. The molecule has 1 aliphatic heterocycles. The van der Waals surface area contributed by atoms with Crippen LogP contribution in [0.3, 0.4) is 0 Å². The summed E-state index contributed by atoms with van der Waals surface area (Å²) in [4.78, 5) is 30.1. The Bertz CT molecular complexity index is 818. The lowest BCUT2D eigenvalue weighted by Crippen LogP contribution is -2.58. The Morgan fingerprint density at radius 2 is 1.71 bits per heavy atom. The van der Waals surface area contributed by atoms with E-state index in [0.717, 1.165) is 36.8 Å². The van der Waals surface area contributed by atoms with Crippen LogP contribution in [0.2, 0.25) is 0 Å². The Morgan fingerprint density at radius 1 is 1.00 bits per heavy atom. The molecule has 2 aliphatic carbocycles. The molecule has 4 rings (SSSR count). The van der Waals surface area contributed by atoms with Crippen molar-refractivity contribution in [3.05, 3.63) is 46.0 Å². The molecule has 0 N–H and O–H groups in total. The summed E-state index contributed by atoms with van der Waals surface area (Å²) in [5.41, 5.74) is 5.79. The van der Waals surface area contributed by atoms with Crippen molar-refractivity contribution < 1.29 is 9.59 Å². The summed E-state index contributed by atoms with van der Waals surface area (Å²) in [6.07, 6.45) is 6.83. The number of rotatable bonds is 3. The maximum Gasteiger partial charge on any atom is 0.253 e. The molecule has 1 aromatic carbocycles. The predicted molar refractivity (Wildman–Crippen MR) is 111 cm³/mol. The first kappa shape index (κ1) is 19.2. The highest BCUT2D eigenvalue weighted by Gasteiger charge is 2.36. The van der Waals surface area contributed by atoms with E-state index in [-0.39, 0.29) is 17.9 Å². The summed E-state index contributed by atoms with van der Waals surface area (Å²) in [7, 11) is 0. The molecular weight excluding hydrogens is 348 g/mol. The van der Waals surface area contributed by atoms with Gasteiger partial charge in [-0.1, -0.05) is 25.5 Å². The quantitative estimate of drug-likeness (QED) is 0.744. The van der Waals surface area contributed by atoms with Gasteiger partial charge in [0.1, 0.15) is 0 Å². The van der Waals surface area contributed by atoms with E-state index in [2.05, 4.69) is 26.0 Å². The molecule has 0 radical (unpaired) electrons. The second-order valence-corrected chi connectivity index (χ2v) is 8.98. The fraction of sp³-hybridized carbons (Fsp3) is 0.583. The normalized spacial score (nSPS) is 21.6. The van der Waals surface area contributed by atoms with E-state index in [9.17, 15) is 9.59 Å². The monoisotopic (exact) mass is 380 g/mol. The van der Waals surface area contributed by atoms with Crippen molar-refractivity contribution in [2.24, 2.45) is 5.92 Å². The molecule has 1 heterocycles. The summed E-state index contributed by atoms with van der Waals surface area (Å²) in [6, 6.07) is 6.33. The number of carbonyl (C=O) groups excluding carboxylic acids is 2. The van der Waals surface area contributed by atoms with E-state index >= 15 is 0 Å². The number of nitrogens with zero attached hydrogens (tertiary/aromatic N) is 2. The number of aryl methyl sites for hydroxylation is 2. The number of fused-ring (bicyclic) bond motifs is 1. The number of benzene rings is 1. The average molecular weight is 381 g/mol. The van der Waals surface area contributed by atoms with Gasteiger partial charge in [-0.15, -0.1) is 0 Å². The lowest BCUT2D eigenvalue weighted by atomic mass is 9.90. The highest BCUT2D eigenvalue weighted by Crippen LogP contribution is 2.33. The topological polar surface area (TPSA) is 40.6 Å². The van der Waals surface area contributed by atoms with Crippen molar-refractivity contribution in [1.29, 1.82) is 0 Å². The van der Waals surface area contributed by atoms with Crippen molar-refractivity contribution >= 4 is 11.8 Å². The molecule has 2 amide bonds.